The van der Waals surface area contributed by atoms with Gasteiger partial charge in [-0.15, -0.1) is 0 Å². The highest BCUT2D eigenvalue weighted by atomic mass is 16.5. The lowest BCUT2D eigenvalue weighted by molar-refractivity contribution is -0.137. The first-order valence-corrected chi connectivity index (χ1v) is 12.3. The van der Waals surface area contributed by atoms with Gasteiger partial charge in [0.1, 0.15) is 5.75 Å². The minimum Gasteiger partial charge on any atom is -0.493 e. The van der Waals surface area contributed by atoms with Crippen molar-refractivity contribution in [2.75, 3.05) is 13.7 Å². The van der Waals surface area contributed by atoms with Crippen molar-refractivity contribution in [2.24, 2.45) is 0 Å². The van der Waals surface area contributed by atoms with Gasteiger partial charge in [-0.05, 0) is 74.1 Å². The maximum absolute atomic E-state index is 11.7. The molecule has 0 bridgehead atoms. The number of aryl methyl sites for hydroxylation is 3. The fraction of sp³-hybridized carbons (Fsp3) is 0.357. The lowest BCUT2D eigenvalue weighted by Gasteiger charge is -2.17. The molecule has 1 aliphatic carbocycles. The fourth-order valence-corrected chi connectivity index (χ4v) is 4.86. The number of carboxylic acid groups (broad SMARTS) is 1. The summed E-state index contributed by atoms with van der Waals surface area (Å²) in [4.78, 5) is 20.8. The third-order valence-corrected chi connectivity index (χ3v) is 6.74. The number of aliphatic carboxylic acids is 1. The summed E-state index contributed by atoms with van der Waals surface area (Å²) >= 11 is 0. The van der Waals surface area contributed by atoms with Crippen LogP contribution in [-0.2, 0) is 24.1 Å². The molecule has 1 aromatic carbocycles. The zero-order valence-corrected chi connectivity index (χ0v) is 20.6. The van der Waals surface area contributed by atoms with Gasteiger partial charge in [0.25, 0.3) is 0 Å². The number of aromatic nitrogens is 4. The largest absolute Gasteiger partial charge is 0.493 e. The lowest BCUT2D eigenvalue weighted by atomic mass is 9.96. The van der Waals surface area contributed by atoms with Crippen LogP contribution in [0.25, 0.3) is 10.9 Å². The van der Waals surface area contributed by atoms with Crippen molar-refractivity contribution >= 4 is 16.9 Å². The Labute approximate surface area is 209 Å². The number of pyridine rings is 2. The standard InChI is InChI=1S/C28H30N4O4/c1-18-23-15-22(36-14-13-21-9-7-19-5-3-4-6-24(19)30-21)10-11-25(23)32(31-18)26(16-28(33)34)20-8-12-27(35-2)29-17-20/h7-12,15,17,26H,3-6,13-14,16H2,1-2H3,(H,33,34). The van der Waals surface area contributed by atoms with Crippen molar-refractivity contribution in [1.82, 2.24) is 19.7 Å². The first-order valence-electron chi connectivity index (χ1n) is 12.3. The van der Waals surface area contributed by atoms with Crippen LogP contribution in [0.4, 0.5) is 0 Å². The van der Waals surface area contributed by atoms with Crippen LogP contribution in [0.1, 0.15) is 53.5 Å². The van der Waals surface area contributed by atoms with Crippen LogP contribution in [0.3, 0.4) is 0 Å². The molecule has 0 aliphatic heterocycles. The van der Waals surface area contributed by atoms with Crippen molar-refractivity contribution in [2.45, 2.75) is 51.5 Å². The minimum absolute atomic E-state index is 0.115. The van der Waals surface area contributed by atoms with Gasteiger partial charge < -0.3 is 14.6 Å². The Hall–Kier alpha value is -3.94. The Morgan fingerprint density at radius 2 is 2.00 bits per heavy atom. The highest BCUT2D eigenvalue weighted by molar-refractivity contribution is 5.84. The molecule has 5 rings (SSSR count). The lowest BCUT2D eigenvalue weighted by Crippen LogP contribution is -2.16. The van der Waals surface area contributed by atoms with E-state index < -0.39 is 12.0 Å². The zero-order chi connectivity index (χ0) is 25.1. The van der Waals surface area contributed by atoms with E-state index in [9.17, 15) is 9.90 Å². The summed E-state index contributed by atoms with van der Waals surface area (Å²) in [6.45, 7) is 2.45. The van der Waals surface area contributed by atoms with Crippen molar-refractivity contribution < 1.29 is 19.4 Å². The topological polar surface area (TPSA) is 99.4 Å². The van der Waals surface area contributed by atoms with Crippen LogP contribution in [0.5, 0.6) is 11.6 Å². The van der Waals surface area contributed by atoms with Crippen molar-refractivity contribution in [3.05, 3.63) is 76.9 Å². The molecule has 1 aliphatic rings. The van der Waals surface area contributed by atoms with Gasteiger partial charge >= 0.3 is 5.97 Å². The Kier molecular flexibility index (Phi) is 6.84. The molecule has 8 heteroatoms. The summed E-state index contributed by atoms with van der Waals surface area (Å²) in [6.07, 6.45) is 6.94. The predicted molar refractivity (Wildman–Crippen MR) is 136 cm³/mol. The Morgan fingerprint density at radius 1 is 1.14 bits per heavy atom. The minimum atomic E-state index is -0.909. The van der Waals surface area contributed by atoms with E-state index in [0.29, 0.717) is 12.5 Å². The summed E-state index contributed by atoms with van der Waals surface area (Å²) < 4.78 is 13.0. The molecule has 0 fully saturated rings. The zero-order valence-electron chi connectivity index (χ0n) is 20.6. The molecular formula is C28H30N4O4. The maximum atomic E-state index is 11.7. The highest BCUT2D eigenvalue weighted by Crippen LogP contribution is 2.31. The number of benzene rings is 1. The summed E-state index contributed by atoms with van der Waals surface area (Å²) in [5.74, 6) is 0.318. The second kappa shape index (κ2) is 10.4. The van der Waals surface area contributed by atoms with Gasteiger partial charge in [-0.1, -0.05) is 6.07 Å². The van der Waals surface area contributed by atoms with E-state index in [1.807, 2.05) is 31.2 Å². The van der Waals surface area contributed by atoms with Crippen LogP contribution in [0.2, 0.25) is 0 Å². The van der Waals surface area contributed by atoms with Crippen molar-refractivity contribution in [3.8, 4) is 11.6 Å². The van der Waals surface area contributed by atoms with E-state index in [-0.39, 0.29) is 6.42 Å². The molecule has 186 valence electrons. The van der Waals surface area contributed by atoms with Crippen LogP contribution in [0, 0.1) is 6.92 Å². The molecule has 0 spiro atoms. The van der Waals surface area contributed by atoms with E-state index >= 15 is 0 Å². The number of hydrogen-bond donors (Lipinski definition) is 1. The smallest absolute Gasteiger partial charge is 0.305 e. The molecule has 0 saturated carbocycles. The van der Waals surface area contributed by atoms with Gasteiger partial charge in [0.05, 0.1) is 37.4 Å². The van der Waals surface area contributed by atoms with Gasteiger partial charge in [0, 0.05) is 35.5 Å². The number of rotatable bonds is 9. The van der Waals surface area contributed by atoms with E-state index in [1.165, 1.54) is 24.1 Å². The number of carboxylic acids is 1. The van der Waals surface area contributed by atoms with Crippen LogP contribution in [0.15, 0.2) is 48.7 Å². The molecule has 3 heterocycles. The second-order valence-corrected chi connectivity index (χ2v) is 9.17. The van der Waals surface area contributed by atoms with Gasteiger partial charge in [-0.3, -0.25) is 14.5 Å². The summed E-state index contributed by atoms with van der Waals surface area (Å²) in [5, 5.41) is 15.2. The number of carbonyl (C=O) groups is 1. The Balaban J connectivity index is 1.34. The molecule has 36 heavy (non-hydrogen) atoms. The molecule has 8 nitrogen and oxygen atoms in total. The molecule has 1 unspecified atom stereocenters. The van der Waals surface area contributed by atoms with E-state index in [0.717, 1.165) is 52.9 Å². The van der Waals surface area contributed by atoms with Crippen molar-refractivity contribution in [3.63, 3.8) is 0 Å². The van der Waals surface area contributed by atoms with E-state index in [1.54, 1.807) is 24.1 Å². The molecule has 4 aromatic rings. The molecule has 0 saturated heterocycles. The van der Waals surface area contributed by atoms with Gasteiger partial charge in [-0.2, -0.15) is 5.10 Å². The summed E-state index contributed by atoms with van der Waals surface area (Å²) in [7, 11) is 1.55. The SMILES string of the molecule is COc1ccc(C(CC(=O)O)n2nc(C)c3cc(OCCc4ccc5c(n4)CCCC5)ccc32)cn1. The first-order chi connectivity index (χ1) is 17.5. The molecular weight excluding hydrogens is 456 g/mol. The van der Waals surface area contributed by atoms with Crippen LogP contribution >= 0.6 is 0 Å². The van der Waals surface area contributed by atoms with Crippen LogP contribution < -0.4 is 9.47 Å². The maximum Gasteiger partial charge on any atom is 0.305 e. The summed E-state index contributed by atoms with van der Waals surface area (Å²) in [5.41, 5.74) is 6.09. The molecule has 3 aromatic heterocycles. The monoisotopic (exact) mass is 486 g/mol. The summed E-state index contributed by atoms with van der Waals surface area (Å²) in [6, 6.07) is 13.2. The molecule has 0 amide bonds. The molecule has 1 atom stereocenters. The van der Waals surface area contributed by atoms with Gasteiger partial charge in [0.15, 0.2) is 0 Å². The van der Waals surface area contributed by atoms with E-state index in [4.69, 9.17) is 19.6 Å². The van der Waals surface area contributed by atoms with Crippen molar-refractivity contribution in [1.29, 1.82) is 0 Å². The van der Waals surface area contributed by atoms with E-state index in [2.05, 4.69) is 17.1 Å². The number of nitrogens with zero attached hydrogens (tertiary/aromatic N) is 4. The third-order valence-electron chi connectivity index (χ3n) is 6.74. The normalized spacial score (nSPS) is 13.8. The Morgan fingerprint density at radius 3 is 2.78 bits per heavy atom. The predicted octanol–water partition coefficient (Wildman–Crippen LogP) is 4.71. The quantitative estimate of drug-likeness (QED) is 0.366. The number of ether oxygens (including phenoxy) is 2. The Bertz CT molecular complexity index is 1380. The average molecular weight is 487 g/mol. The molecule has 1 N–H and O–H groups in total. The van der Waals surface area contributed by atoms with Crippen LogP contribution in [-0.4, -0.2) is 44.5 Å². The molecule has 0 radical (unpaired) electrons. The third kappa shape index (κ3) is 5.03. The number of hydrogen-bond acceptors (Lipinski definition) is 6. The number of fused-ring (bicyclic) bond motifs is 2. The first kappa shape index (κ1) is 23.8. The van der Waals surface area contributed by atoms with Gasteiger partial charge in [-0.25, -0.2) is 4.98 Å². The highest BCUT2D eigenvalue weighted by Gasteiger charge is 2.22. The fourth-order valence-electron chi connectivity index (χ4n) is 4.86. The van der Waals surface area contributed by atoms with Gasteiger partial charge in [0.2, 0.25) is 5.88 Å². The number of methoxy groups -OCH3 is 1. The average Bonchev–Trinajstić information content (AvgIpc) is 3.22. The second-order valence-electron chi connectivity index (χ2n) is 9.17.